The highest BCUT2D eigenvalue weighted by Gasteiger charge is 2.23. The summed E-state index contributed by atoms with van der Waals surface area (Å²) in [5.74, 6) is 8.24. The Labute approximate surface area is 412 Å². The molecule has 16 nitrogen and oxygen atoms in total. The molecule has 16 heteroatoms. The van der Waals surface area contributed by atoms with Gasteiger partial charge >= 0.3 is 0 Å². The van der Waals surface area contributed by atoms with Crippen molar-refractivity contribution < 1.29 is 0 Å². The Morgan fingerprint density at radius 3 is 0.972 bits per heavy atom. The molecule has 12 rings (SSSR count). The molecule has 0 spiro atoms. The van der Waals surface area contributed by atoms with Crippen molar-refractivity contribution >= 4 is 49.3 Å². The quantitative estimate of drug-likeness (QED) is 0.138. The minimum Gasteiger partial charge on any atom is -0.307 e. The maximum absolute atomic E-state index is 7.79. The molecule has 5 aromatic carbocycles. The maximum atomic E-state index is 7.79. The Morgan fingerprint density at radius 1 is 0.347 bits per heavy atom. The Kier molecular flexibility index (Phi) is 10.2. The third kappa shape index (κ3) is 7.60. The number of hydrogen-bond donors (Lipinski definition) is 0. The summed E-state index contributed by atoms with van der Waals surface area (Å²) in [7, 11) is 0. The number of nitrogens with zero attached hydrogens (tertiary/aromatic N) is 16. The van der Waals surface area contributed by atoms with Crippen LogP contribution in [0.15, 0.2) is 109 Å². The van der Waals surface area contributed by atoms with Crippen LogP contribution in [0.1, 0.15) is 46.6 Å². The van der Waals surface area contributed by atoms with Gasteiger partial charge in [0.25, 0.3) is 0 Å². The molecule has 0 bridgehead atoms. The third-order valence-electron chi connectivity index (χ3n) is 12.6. The average molecular weight is 939 g/mol. The molecular formula is C56H42N16. The molecule has 0 unspecified atom stereocenters. The number of pyridine rings is 1. The molecule has 12 aromatic rings. The van der Waals surface area contributed by atoms with Crippen molar-refractivity contribution in [2.75, 3.05) is 0 Å². The van der Waals surface area contributed by atoms with E-state index in [1.54, 1.807) is 0 Å². The molecule has 346 valence electrons. The predicted molar refractivity (Wildman–Crippen MR) is 278 cm³/mol. The van der Waals surface area contributed by atoms with Crippen molar-refractivity contribution in [1.29, 1.82) is 0 Å². The zero-order chi connectivity index (χ0) is 49.5. The number of aromatic nitrogens is 15. The summed E-state index contributed by atoms with van der Waals surface area (Å²) in [4.78, 5) is 64.7. The highest BCUT2D eigenvalue weighted by molar-refractivity contribution is 6.13. The molecule has 7 heterocycles. The van der Waals surface area contributed by atoms with Crippen LogP contribution in [-0.2, 0) is 0 Å². The molecule has 72 heavy (non-hydrogen) atoms. The van der Waals surface area contributed by atoms with Gasteiger partial charge in [0, 0.05) is 49.4 Å². The van der Waals surface area contributed by atoms with Crippen LogP contribution in [0.3, 0.4) is 0 Å². The first-order valence-corrected chi connectivity index (χ1v) is 23.3. The monoisotopic (exact) mass is 938 g/mol. The van der Waals surface area contributed by atoms with E-state index in [0.717, 1.165) is 82.7 Å². The number of rotatable bonds is 7. The van der Waals surface area contributed by atoms with Crippen molar-refractivity contribution in [2.24, 2.45) is 0 Å². The summed E-state index contributed by atoms with van der Waals surface area (Å²) < 4.78 is 4.44. The predicted octanol–water partition coefficient (Wildman–Crippen LogP) is 11.4. The first-order valence-electron chi connectivity index (χ1n) is 23.3. The van der Waals surface area contributed by atoms with E-state index in [0.29, 0.717) is 81.4 Å². The smallest absolute Gasteiger partial charge is 0.187 e. The standard InChI is InChI=1S/C56H42N16/c1-28-59-29(2)64-53(63-28)37-12-18-47-43(22-37)44-23-38(54-65-30(3)60-31(4)66-54)13-19-48(44)71(47)51-27-58-52(26-42(51)36-10-16-41(57-9)17-11-36)72-49-20-14-39(55-67-32(5)61-33(6)68-55)24-45(49)46-25-40(15-21-50(46)72)56-69-34(7)62-35(8)70-56/h10-27H,1-8H3. The molecule has 0 aliphatic heterocycles. The van der Waals surface area contributed by atoms with Gasteiger partial charge in [-0.1, -0.05) is 24.3 Å². The lowest BCUT2D eigenvalue weighted by atomic mass is 10.0. The SMILES string of the molecule is [C-]#[N+]c1ccc(-c2cc(-n3c4ccc(-c5nc(C)nc(C)n5)cc4c4cc(-c5nc(C)nc(C)n5)ccc43)ncc2-n2c3ccc(-c4nc(C)nc(C)n4)cc3c3cc(-c4nc(C)nc(C)n4)ccc32)cc1. The normalized spacial score (nSPS) is 11.6. The molecule has 0 saturated carbocycles. The molecule has 0 atom stereocenters. The van der Waals surface area contributed by atoms with E-state index in [2.05, 4.69) is 101 Å². The van der Waals surface area contributed by atoms with Crippen LogP contribution in [0, 0.1) is 62.0 Å². The number of benzene rings is 5. The van der Waals surface area contributed by atoms with Crippen LogP contribution in [0.5, 0.6) is 0 Å². The van der Waals surface area contributed by atoms with Crippen LogP contribution in [-0.4, -0.2) is 73.9 Å². The number of aryl methyl sites for hydroxylation is 8. The van der Waals surface area contributed by atoms with Gasteiger partial charge in [-0.25, -0.2) is 69.6 Å². The summed E-state index contributed by atoms with van der Waals surface area (Å²) >= 11 is 0. The van der Waals surface area contributed by atoms with Crippen LogP contribution >= 0.6 is 0 Å². The van der Waals surface area contributed by atoms with E-state index in [9.17, 15) is 0 Å². The van der Waals surface area contributed by atoms with Crippen molar-refractivity contribution in [3.05, 3.63) is 167 Å². The topological polar surface area (TPSA) is 182 Å². The van der Waals surface area contributed by atoms with Crippen molar-refractivity contribution in [3.63, 3.8) is 0 Å². The van der Waals surface area contributed by atoms with Crippen LogP contribution in [0.2, 0.25) is 0 Å². The highest BCUT2D eigenvalue weighted by Crippen LogP contribution is 2.42. The molecule has 0 aliphatic rings. The van der Waals surface area contributed by atoms with Crippen LogP contribution < -0.4 is 0 Å². The molecular weight excluding hydrogens is 897 g/mol. The van der Waals surface area contributed by atoms with E-state index in [4.69, 9.17) is 51.4 Å². The lowest BCUT2D eigenvalue weighted by Crippen LogP contribution is -2.04. The summed E-state index contributed by atoms with van der Waals surface area (Å²) in [5, 5.41) is 3.89. The van der Waals surface area contributed by atoms with Gasteiger partial charge < -0.3 is 4.57 Å². The van der Waals surface area contributed by atoms with E-state index in [1.807, 2.05) is 98.0 Å². The highest BCUT2D eigenvalue weighted by atomic mass is 15.1. The molecule has 0 amide bonds. The van der Waals surface area contributed by atoms with Crippen LogP contribution in [0.25, 0.3) is 117 Å². The fraction of sp³-hybridized carbons (Fsp3) is 0.143. The van der Waals surface area contributed by atoms with Gasteiger partial charge in [-0.2, -0.15) is 0 Å². The minimum atomic E-state index is 0.542. The fourth-order valence-corrected chi connectivity index (χ4v) is 9.77. The van der Waals surface area contributed by atoms with Gasteiger partial charge in [-0.05, 0) is 140 Å². The number of hydrogen-bond acceptors (Lipinski definition) is 13. The Morgan fingerprint density at radius 2 is 0.653 bits per heavy atom. The van der Waals surface area contributed by atoms with E-state index >= 15 is 0 Å². The molecule has 0 radical (unpaired) electrons. The summed E-state index contributed by atoms with van der Waals surface area (Å²) in [5.41, 5.74) is 10.3. The average Bonchev–Trinajstić information content (AvgIpc) is 3.86. The lowest BCUT2D eigenvalue weighted by molar-refractivity contribution is 0.928. The maximum Gasteiger partial charge on any atom is 0.187 e. The molecule has 0 saturated heterocycles. The first-order chi connectivity index (χ1) is 34.8. The van der Waals surface area contributed by atoms with Gasteiger partial charge in [-0.3, -0.25) is 4.57 Å². The second-order valence-corrected chi connectivity index (χ2v) is 17.8. The first kappa shape index (κ1) is 43.6. The summed E-state index contributed by atoms with van der Waals surface area (Å²) in [6, 6.07) is 35.0. The second kappa shape index (κ2) is 16.8. The van der Waals surface area contributed by atoms with Gasteiger partial charge in [0.15, 0.2) is 29.0 Å². The van der Waals surface area contributed by atoms with Gasteiger partial charge in [0.1, 0.15) is 52.4 Å². The van der Waals surface area contributed by atoms with Crippen molar-refractivity contribution in [2.45, 2.75) is 55.4 Å². The van der Waals surface area contributed by atoms with Crippen molar-refractivity contribution in [3.8, 4) is 68.2 Å². The van der Waals surface area contributed by atoms with E-state index in [-0.39, 0.29) is 0 Å². The van der Waals surface area contributed by atoms with E-state index < -0.39 is 0 Å². The molecule has 7 aromatic heterocycles. The molecule has 0 fully saturated rings. The van der Waals surface area contributed by atoms with Crippen LogP contribution in [0.4, 0.5) is 5.69 Å². The summed E-state index contributed by atoms with van der Waals surface area (Å²) in [6.07, 6.45) is 1.94. The Balaban J connectivity index is 1.12. The molecule has 0 N–H and O–H groups in total. The second-order valence-electron chi connectivity index (χ2n) is 17.8. The Bertz CT molecular complexity index is 3980. The Hall–Kier alpha value is -9.62. The fourth-order valence-electron chi connectivity index (χ4n) is 9.77. The van der Waals surface area contributed by atoms with E-state index in [1.165, 1.54) is 0 Å². The zero-order valence-corrected chi connectivity index (χ0v) is 40.5. The summed E-state index contributed by atoms with van der Waals surface area (Å²) in [6.45, 7) is 22.8. The van der Waals surface area contributed by atoms with Gasteiger partial charge in [0.2, 0.25) is 0 Å². The number of fused-ring (bicyclic) bond motifs is 6. The zero-order valence-electron chi connectivity index (χ0n) is 40.5. The van der Waals surface area contributed by atoms with Crippen molar-refractivity contribution in [1.82, 2.24) is 73.9 Å². The molecule has 0 aliphatic carbocycles. The minimum absolute atomic E-state index is 0.542. The van der Waals surface area contributed by atoms with Gasteiger partial charge in [0.05, 0.1) is 40.5 Å². The lowest BCUT2D eigenvalue weighted by Gasteiger charge is -2.17. The third-order valence-corrected chi connectivity index (χ3v) is 12.6. The largest absolute Gasteiger partial charge is 0.307 e. The van der Waals surface area contributed by atoms with Gasteiger partial charge in [-0.15, -0.1) is 0 Å².